The molecular formula is C11H15NO6S2. The predicted molar refractivity (Wildman–Crippen MR) is 74.9 cm³/mol. The number of benzene rings is 1. The number of sulfone groups is 1. The molecule has 0 aliphatic rings. The van der Waals surface area contributed by atoms with Crippen LogP contribution in [0.25, 0.3) is 0 Å². The van der Waals surface area contributed by atoms with Gasteiger partial charge in [0, 0.05) is 11.9 Å². The van der Waals surface area contributed by atoms with E-state index in [9.17, 15) is 21.6 Å². The van der Waals surface area contributed by atoms with Crippen LogP contribution < -0.4 is 4.72 Å². The van der Waals surface area contributed by atoms with E-state index >= 15 is 0 Å². The average Bonchev–Trinajstić information content (AvgIpc) is 2.28. The Morgan fingerprint density at radius 2 is 1.65 bits per heavy atom. The van der Waals surface area contributed by atoms with E-state index in [0.29, 0.717) is 5.56 Å². The molecule has 0 aromatic heterocycles. The van der Waals surface area contributed by atoms with Crippen LogP contribution in [-0.4, -0.2) is 45.7 Å². The Labute approximate surface area is 117 Å². The van der Waals surface area contributed by atoms with Crippen molar-refractivity contribution in [2.75, 3.05) is 22.5 Å². The fourth-order valence-electron chi connectivity index (χ4n) is 1.36. The van der Waals surface area contributed by atoms with Crippen molar-refractivity contribution in [2.45, 2.75) is 6.42 Å². The highest BCUT2D eigenvalue weighted by Gasteiger charge is 2.14. The molecule has 9 heteroatoms. The Hall–Kier alpha value is -1.61. The van der Waals surface area contributed by atoms with Gasteiger partial charge in [-0.25, -0.2) is 16.8 Å². The molecule has 0 spiro atoms. The number of carbonyl (C=O) groups is 1. The molecular weight excluding hydrogens is 306 g/mol. The van der Waals surface area contributed by atoms with E-state index in [0.717, 1.165) is 6.26 Å². The topological polar surface area (TPSA) is 118 Å². The van der Waals surface area contributed by atoms with Crippen molar-refractivity contribution in [1.82, 2.24) is 0 Å². The minimum atomic E-state index is -3.75. The summed E-state index contributed by atoms with van der Waals surface area (Å²) in [6.07, 6.45) is 0.810. The summed E-state index contributed by atoms with van der Waals surface area (Å²) in [5.74, 6) is -1.96. The number of carboxylic acids is 1. The monoisotopic (exact) mass is 321 g/mol. The lowest BCUT2D eigenvalue weighted by molar-refractivity contribution is -0.136. The van der Waals surface area contributed by atoms with Crippen LogP contribution >= 0.6 is 0 Å². The third-order valence-electron chi connectivity index (χ3n) is 2.31. The highest BCUT2D eigenvalue weighted by Crippen LogP contribution is 2.12. The lowest BCUT2D eigenvalue weighted by atomic mass is 10.1. The second-order valence-corrected chi connectivity index (χ2v) is 8.42. The fraction of sp³-hybridized carbons (Fsp3) is 0.364. The Bertz CT molecular complexity index is 676. The molecule has 0 aliphatic carbocycles. The van der Waals surface area contributed by atoms with Crippen molar-refractivity contribution < 1.29 is 26.7 Å². The predicted octanol–water partition coefficient (Wildman–Crippen LogP) is 0.100. The van der Waals surface area contributed by atoms with E-state index in [-0.39, 0.29) is 12.1 Å². The molecule has 0 radical (unpaired) electrons. The molecule has 0 unspecified atom stereocenters. The molecule has 0 saturated carbocycles. The number of anilines is 1. The first-order valence-electron chi connectivity index (χ1n) is 5.56. The number of nitrogens with one attached hydrogen (secondary N) is 1. The molecule has 0 bridgehead atoms. The number of sulfonamides is 1. The lowest BCUT2D eigenvalue weighted by Crippen LogP contribution is -2.22. The van der Waals surface area contributed by atoms with Gasteiger partial charge in [-0.2, -0.15) is 0 Å². The Morgan fingerprint density at radius 3 is 2.10 bits per heavy atom. The minimum absolute atomic E-state index is 0.152. The molecule has 1 aromatic rings. The quantitative estimate of drug-likeness (QED) is 0.735. The van der Waals surface area contributed by atoms with E-state index in [4.69, 9.17) is 5.11 Å². The van der Waals surface area contributed by atoms with Crippen LogP contribution in [0.3, 0.4) is 0 Å². The van der Waals surface area contributed by atoms with E-state index in [2.05, 4.69) is 4.72 Å². The van der Waals surface area contributed by atoms with Gasteiger partial charge in [0.25, 0.3) is 0 Å². The molecule has 0 atom stereocenters. The standard InChI is InChI=1S/C11H15NO6S2/c1-19(15,16)6-7-20(17,18)12-10-4-2-9(3-5-10)8-11(13)14/h2-5,12H,6-8H2,1H3,(H,13,14). The average molecular weight is 321 g/mol. The highest BCUT2D eigenvalue weighted by atomic mass is 32.2. The number of hydrogen-bond donors (Lipinski definition) is 2. The molecule has 7 nitrogen and oxygen atoms in total. The maximum Gasteiger partial charge on any atom is 0.307 e. The van der Waals surface area contributed by atoms with Gasteiger partial charge in [-0.15, -0.1) is 0 Å². The van der Waals surface area contributed by atoms with Gasteiger partial charge >= 0.3 is 5.97 Å². The van der Waals surface area contributed by atoms with Crippen molar-refractivity contribution in [2.24, 2.45) is 0 Å². The van der Waals surface area contributed by atoms with E-state index in [1.54, 1.807) is 0 Å². The van der Waals surface area contributed by atoms with Crippen molar-refractivity contribution >= 4 is 31.5 Å². The Morgan fingerprint density at radius 1 is 1.10 bits per heavy atom. The molecule has 0 heterocycles. The summed E-state index contributed by atoms with van der Waals surface area (Å²) in [4.78, 5) is 10.5. The summed E-state index contributed by atoms with van der Waals surface area (Å²) in [6, 6.07) is 5.83. The first-order valence-corrected chi connectivity index (χ1v) is 9.28. The zero-order chi connectivity index (χ0) is 15.4. The Balaban J connectivity index is 2.70. The maximum absolute atomic E-state index is 11.6. The van der Waals surface area contributed by atoms with Crippen LogP contribution in [0.15, 0.2) is 24.3 Å². The number of rotatable bonds is 7. The third-order valence-corrected chi connectivity index (χ3v) is 4.80. The summed E-state index contributed by atoms with van der Waals surface area (Å²) in [6.45, 7) is 0. The highest BCUT2D eigenvalue weighted by molar-refractivity contribution is 7.95. The van der Waals surface area contributed by atoms with E-state index in [1.807, 2.05) is 0 Å². The van der Waals surface area contributed by atoms with Gasteiger partial charge in [0.2, 0.25) is 10.0 Å². The molecule has 0 amide bonds. The molecule has 1 rings (SSSR count). The molecule has 1 aromatic carbocycles. The summed E-state index contributed by atoms with van der Waals surface area (Å²) in [5, 5.41) is 8.60. The Kier molecular flexibility index (Phi) is 5.12. The zero-order valence-corrected chi connectivity index (χ0v) is 12.4. The minimum Gasteiger partial charge on any atom is -0.481 e. The number of aliphatic carboxylic acids is 1. The normalized spacial score (nSPS) is 12.1. The van der Waals surface area contributed by atoms with Crippen molar-refractivity contribution in [3.05, 3.63) is 29.8 Å². The van der Waals surface area contributed by atoms with Gasteiger partial charge in [-0.3, -0.25) is 9.52 Å². The van der Waals surface area contributed by atoms with Crippen LogP contribution in [0.2, 0.25) is 0 Å². The smallest absolute Gasteiger partial charge is 0.307 e. The van der Waals surface area contributed by atoms with Crippen molar-refractivity contribution in [1.29, 1.82) is 0 Å². The number of hydrogen-bond acceptors (Lipinski definition) is 5. The second kappa shape index (κ2) is 6.23. The molecule has 20 heavy (non-hydrogen) atoms. The molecule has 0 aliphatic heterocycles. The van der Waals surface area contributed by atoms with Gasteiger partial charge < -0.3 is 5.11 Å². The van der Waals surface area contributed by atoms with E-state index < -0.39 is 37.3 Å². The summed E-state index contributed by atoms with van der Waals surface area (Å²) < 4.78 is 47.4. The van der Waals surface area contributed by atoms with E-state index in [1.165, 1.54) is 24.3 Å². The van der Waals surface area contributed by atoms with Gasteiger partial charge in [0.15, 0.2) is 0 Å². The van der Waals surface area contributed by atoms with Crippen LogP contribution in [0, 0.1) is 0 Å². The van der Waals surface area contributed by atoms with Crippen molar-refractivity contribution in [3.8, 4) is 0 Å². The van der Waals surface area contributed by atoms with Gasteiger partial charge in [-0.05, 0) is 17.7 Å². The number of carboxylic acid groups (broad SMARTS) is 1. The van der Waals surface area contributed by atoms with Gasteiger partial charge in [0.1, 0.15) is 9.84 Å². The lowest BCUT2D eigenvalue weighted by Gasteiger charge is -2.08. The van der Waals surface area contributed by atoms with Crippen LogP contribution in [0.5, 0.6) is 0 Å². The summed E-state index contributed by atoms with van der Waals surface area (Å²) >= 11 is 0. The van der Waals surface area contributed by atoms with Crippen LogP contribution in [0.1, 0.15) is 5.56 Å². The maximum atomic E-state index is 11.6. The zero-order valence-electron chi connectivity index (χ0n) is 10.7. The van der Waals surface area contributed by atoms with Crippen LogP contribution in [-0.2, 0) is 31.1 Å². The largest absolute Gasteiger partial charge is 0.481 e. The van der Waals surface area contributed by atoms with Gasteiger partial charge in [0.05, 0.1) is 17.9 Å². The van der Waals surface area contributed by atoms with Crippen LogP contribution in [0.4, 0.5) is 5.69 Å². The summed E-state index contributed by atoms with van der Waals surface area (Å²) in [5.41, 5.74) is 0.796. The SMILES string of the molecule is CS(=O)(=O)CCS(=O)(=O)Nc1ccc(CC(=O)O)cc1. The summed E-state index contributed by atoms with van der Waals surface area (Å²) in [7, 11) is -7.10. The molecule has 2 N–H and O–H groups in total. The van der Waals surface area contributed by atoms with Crippen molar-refractivity contribution in [3.63, 3.8) is 0 Å². The second-order valence-electron chi connectivity index (χ2n) is 4.32. The molecule has 0 fully saturated rings. The molecule has 0 saturated heterocycles. The first kappa shape index (κ1) is 16.4. The first-order chi connectivity index (χ1) is 9.07. The van der Waals surface area contributed by atoms with Gasteiger partial charge in [-0.1, -0.05) is 12.1 Å². The fourth-order valence-corrected chi connectivity index (χ4v) is 4.04. The third kappa shape index (κ3) is 6.53. The molecule has 112 valence electrons.